The maximum absolute atomic E-state index is 13.1. The van der Waals surface area contributed by atoms with Crippen molar-refractivity contribution in [2.75, 3.05) is 32.7 Å². The van der Waals surface area contributed by atoms with Crippen LogP contribution >= 0.6 is 11.3 Å². The van der Waals surface area contributed by atoms with Crippen LogP contribution < -0.4 is 5.56 Å². The normalized spacial score (nSPS) is 15.4. The molecule has 0 radical (unpaired) electrons. The van der Waals surface area contributed by atoms with Crippen LogP contribution in [-0.4, -0.2) is 58.0 Å². The SMILES string of the molecule is Cc1c(C(=O)N2CCN(C/C=C/c3ccccc3)CC2)sc2ncn(C)c(=O)c12. The number of carbonyl (C=O) groups excluding carboxylic acids is 1. The molecule has 2 aromatic heterocycles. The van der Waals surface area contributed by atoms with Crippen molar-refractivity contribution in [3.05, 3.63) is 69.1 Å². The number of fused-ring (bicyclic) bond motifs is 1. The molecule has 7 heteroatoms. The summed E-state index contributed by atoms with van der Waals surface area (Å²) in [5.41, 5.74) is 1.84. The Kier molecular flexibility index (Phi) is 5.60. The van der Waals surface area contributed by atoms with Gasteiger partial charge in [-0.1, -0.05) is 42.5 Å². The molecule has 0 unspecified atom stereocenters. The lowest BCUT2D eigenvalue weighted by Gasteiger charge is -2.34. The van der Waals surface area contributed by atoms with Crippen LogP contribution in [-0.2, 0) is 7.05 Å². The van der Waals surface area contributed by atoms with Gasteiger partial charge < -0.3 is 9.47 Å². The van der Waals surface area contributed by atoms with Crippen LogP contribution in [0.25, 0.3) is 16.3 Å². The minimum Gasteiger partial charge on any atom is -0.335 e. The van der Waals surface area contributed by atoms with Crippen LogP contribution in [0, 0.1) is 6.92 Å². The highest BCUT2D eigenvalue weighted by Gasteiger charge is 2.26. The summed E-state index contributed by atoms with van der Waals surface area (Å²) in [5, 5.41) is 0.563. The maximum atomic E-state index is 13.1. The van der Waals surface area contributed by atoms with E-state index in [0.29, 0.717) is 28.2 Å². The number of carbonyl (C=O) groups is 1. The average Bonchev–Trinajstić information content (AvgIpc) is 3.08. The smallest absolute Gasteiger partial charge is 0.264 e. The van der Waals surface area contributed by atoms with Crippen LogP contribution in [0.1, 0.15) is 20.8 Å². The minimum atomic E-state index is -0.0992. The topological polar surface area (TPSA) is 58.4 Å². The summed E-state index contributed by atoms with van der Waals surface area (Å²) < 4.78 is 1.46. The van der Waals surface area contributed by atoms with Gasteiger partial charge in [0.25, 0.3) is 11.5 Å². The molecule has 0 spiro atoms. The number of piperazine rings is 1. The molecule has 0 aliphatic carbocycles. The van der Waals surface area contributed by atoms with Crippen LogP contribution in [0.4, 0.5) is 0 Å². The first kappa shape index (κ1) is 19.5. The molecule has 1 aliphatic heterocycles. The first-order valence-corrected chi connectivity index (χ1v) is 10.5. The third-order valence-corrected chi connectivity index (χ3v) is 6.53. The minimum absolute atomic E-state index is 0.00651. The summed E-state index contributed by atoms with van der Waals surface area (Å²) in [4.78, 5) is 35.3. The van der Waals surface area contributed by atoms with E-state index in [-0.39, 0.29) is 11.5 Å². The van der Waals surface area contributed by atoms with Crippen molar-refractivity contribution in [1.82, 2.24) is 19.4 Å². The van der Waals surface area contributed by atoms with Crippen molar-refractivity contribution < 1.29 is 4.79 Å². The van der Waals surface area contributed by atoms with E-state index >= 15 is 0 Å². The van der Waals surface area contributed by atoms with Crippen molar-refractivity contribution >= 4 is 33.5 Å². The average molecular weight is 409 g/mol. The lowest BCUT2D eigenvalue weighted by molar-refractivity contribution is 0.0654. The van der Waals surface area contributed by atoms with Gasteiger partial charge in [0.1, 0.15) is 4.83 Å². The zero-order chi connectivity index (χ0) is 20.4. The van der Waals surface area contributed by atoms with E-state index in [1.807, 2.05) is 30.0 Å². The van der Waals surface area contributed by atoms with E-state index in [2.05, 4.69) is 34.2 Å². The van der Waals surface area contributed by atoms with Crippen molar-refractivity contribution in [3.8, 4) is 0 Å². The number of nitrogens with zero attached hydrogens (tertiary/aromatic N) is 4. The molecule has 1 saturated heterocycles. The summed E-state index contributed by atoms with van der Waals surface area (Å²) in [6.45, 7) is 5.79. The molecule has 6 nitrogen and oxygen atoms in total. The van der Waals surface area contributed by atoms with E-state index in [1.165, 1.54) is 27.8 Å². The summed E-state index contributed by atoms with van der Waals surface area (Å²) in [6.07, 6.45) is 5.81. The van der Waals surface area contributed by atoms with Gasteiger partial charge in [-0.15, -0.1) is 11.3 Å². The van der Waals surface area contributed by atoms with Crippen LogP contribution in [0.2, 0.25) is 0 Å². The highest BCUT2D eigenvalue weighted by molar-refractivity contribution is 7.20. The number of amides is 1. The zero-order valence-electron chi connectivity index (χ0n) is 16.7. The number of rotatable bonds is 4. The Morgan fingerprint density at radius 2 is 1.90 bits per heavy atom. The number of thiophene rings is 1. The summed E-state index contributed by atoms with van der Waals surface area (Å²) >= 11 is 1.32. The van der Waals surface area contributed by atoms with Crippen LogP contribution in [0.15, 0.2) is 47.5 Å². The molecule has 4 rings (SSSR count). The second-order valence-electron chi connectivity index (χ2n) is 7.30. The lowest BCUT2D eigenvalue weighted by Crippen LogP contribution is -2.48. The Balaban J connectivity index is 1.40. The molecule has 29 heavy (non-hydrogen) atoms. The van der Waals surface area contributed by atoms with E-state index in [1.54, 1.807) is 7.05 Å². The quantitative estimate of drug-likeness (QED) is 0.666. The molecule has 1 amide bonds. The first-order valence-electron chi connectivity index (χ1n) is 9.72. The van der Waals surface area contributed by atoms with Crippen molar-refractivity contribution in [2.45, 2.75) is 6.92 Å². The monoisotopic (exact) mass is 408 g/mol. The largest absolute Gasteiger partial charge is 0.335 e. The van der Waals surface area contributed by atoms with Gasteiger partial charge in [-0.25, -0.2) is 4.98 Å². The van der Waals surface area contributed by atoms with Gasteiger partial charge in [0.05, 0.1) is 16.6 Å². The molecule has 0 saturated carbocycles. The van der Waals surface area contributed by atoms with Gasteiger partial charge in [-0.3, -0.25) is 14.5 Å². The number of benzene rings is 1. The predicted molar refractivity (Wildman–Crippen MR) is 117 cm³/mol. The fourth-order valence-corrected chi connectivity index (χ4v) is 4.70. The Morgan fingerprint density at radius 1 is 1.17 bits per heavy atom. The van der Waals surface area contributed by atoms with Gasteiger partial charge >= 0.3 is 0 Å². The number of hydrogen-bond donors (Lipinski definition) is 0. The number of aryl methyl sites for hydroxylation is 2. The standard InChI is InChI=1S/C22H24N4O2S/c1-16-18-20(23-15-24(2)21(18)27)29-19(16)22(28)26-13-11-25(12-14-26)10-6-9-17-7-4-3-5-8-17/h3-9,15H,10-14H2,1-2H3/b9-6+. The molecule has 0 atom stereocenters. The molecule has 1 aliphatic rings. The van der Waals surface area contributed by atoms with Crippen molar-refractivity contribution in [3.63, 3.8) is 0 Å². The molecule has 0 N–H and O–H groups in total. The highest BCUT2D eigenvalue weighted by Crippen LogP contribution is 2.28. The molecule has 0 bridgehead atoms. The predicted octanol–water partition coefficient (Wildman–Crippen LogP) is 2.77. The molecule has 1 fully saturated rings. The van der Waals surface area contributed by atoms with E-state index in [4.69, 9.17) is 0 Å². The Hall–Kier alpha value is -2.77. The summed E-state index contributed by atoms with van der Waals surface area (Å²) in [6, 6.07) is 10.3. The van der Waals surface area contributed by atoms with Gasteiger partial charge in [0.2, 0.25) is 0 Å². The highest BCUT2D eigenvalue weighted by atomic mass is 32.1. The molecule has 1 aromatic carbocycles. The van der Waals surface area contributed by atoms with Gasteiger partial charge in [0, 0.05) is 39.8 Å². The van der Waals surface area contributed by atoms with Crippen molar-refractivity contribution in [1.29, 1.82) is 0 Å². The van der Waals surface area contributed by atoms with Crippen LogP contribution in [0.5, 0.6) is 0 Å². The molecule has 3 heterocycles. The number of aromatic nitrogens is 2. The second-order valence-corrected chi connectivity index (χ2v) is 8.30. The molecule has 3 aromatic rings. The van der Waals surface area contributed by atoms with E-state index in [9.17, 15) is 9.59 Å². The third-order valence-electron chi connectivity index (χ3n) is 5.34. The molecular formula is C22H24N4O2S. The zero-order valence-corrected chi connectivity index (χ0v) is 17.5. The van der Waals surface area contributed by atoms with Crippen LogP contribution in [0.3, 0.4) is 0 Å². The van der Waals surface area contributed by atoms with Gasteiger partial charge in [-0.05, 0) is 18.1 Å². The van der Waals surface area contributed by atoms with Gasteiger partial charge in [0.15, 0.2) is 0 Å². The third kappa shape index (κ3) is 4.02. The Bertz CT molecular complexity index is 1110. The summed E-state index contributed by atoms with van der Waals surface area (Å²) in [5.74, 6) is 0.00651. The fraction of sp³-hybridized carbons (Fsp3) is 0.318. The number of hydrogen-bond acceptors (Lipinski definition) is 5. The maximum Gasteiger partial charge on any atom is 0.264 e. The first-order chi connectivity index (χ1) is 14.0. The lowest BCUT2D eigenvalue weighted by atomic mass is 10.2. The van der Waals surface area contributed by atoms with E-state index in [0.717, 1.165) is 25.2 Å². The van der Waals surface area contributed by atoms with Gasteiger partial charge in [-0.2, -0.15) is 0 Å². The fourth-order valence-electron chi connectivity index (χ4n) is 3.59. The molecular weight excluding hydrogens is 384 g/mol. The van der Waals surface area contributed by atoms with E-state index < -0.39 is 0 Å². The van der Waals surface area contributed by atoms with Crippen molar-refractivity contribution in [2.24, 2.45) is 7.05 Å². The Labute approximate surface area is 173 Å². The summed E-state index contributed by atoms with van der Waals surface area (Å²) in [7, 11) is 1.68. The Morgan fingerprint density at radius 3 is 2.62 bits per heavy atom. The molecule has 150 valence electrons. The second kappa shape index (κ2) is 8.31.